The lowest BCUT2D eigenvalue weighted by atomic mass is 10.2. The van der Waals surface area contributed by atoms with Crippen molar-refractivity contribution in [3.8, 4) is 17.3 Å². The van der Waals surface area contributed by atoms with Gasteiger partial charge in [-0.25, -0.2) is 4.98 Å². The van der Waals surface area contributed by atoms with Gasteiger partial charge in [0.2, 0.25) is 11.8 Å². The molecular formula is C16H25N3O2Si. The summed E-state index contributed by atoms with van der Waals surface area (Å²) in [4.78, 5) is 11.3. The highest BCUT2D eigenvalue weighted by atomic mass is 28.3. The summed E-state index contributed by atoms with van der Waals surface area (Å²) < 4.78 is 10.9. The average molecular weight is 319 g/mol. The average Bonchev–Trinajstić information content (AvgIpc) is 2.44. The van der Waals surface area contributed by atoms with Gasteiger partial charge in [0.25, 0.3) is 0 Å². The van der Waals surface area contributed by atoms with Crippen molar-refractivity contribution in [1.82, 2.24) is 9.97 Å². The van der Waals surface area contributed by atoms with Crippen molar-refractivity contribution in [2.24, 2.45) is 0 Å². The Morgan fingerprint density at radius 3 is 2.41 bits per heavy atom. The predicted octanol–water partition coefficient (Wildman–Crippen LogP) is 2.33. The van der Waals surface area contributed by atoms with Crippen molar-refractivity contribution >= 4 is 14.0 Å². The van der Waals surface area contributed by atoms with E-state index in [1.165, 1.54) is 0 Å². The molecule has 5 nitrogen and oxygen atoms in total. The molecule has 1 aliphatic heterocycles. The third-order valence-electron chi connectivity index (χ3n) is 3.36. The van der Waals surface area contributed by atoms with Crippen molar-refractivity contribution in [3.05, 3.63) is 11.8 Å². The Morgan fingerprint density at radius 1 is 1.23 bits per heavy atom. The zero-order valence-electron chi connectivity index (χ0n) is 14.3. The van der Waals surface area contributed by atoms with Crippen LogP contribution >= 0.6 is 0 Å². The van der Waals surface area contributed by atoms with Crippen LogP contribution in [0.15, 0.2) is 6.07 Å². The molecule has 22 heavy (non-hydrogen) atoms. The molecule has 0 saturated carbocycles. The molecule has 1 aromatic rings. The van der Waals surface area contributed by atoms with Crippen LogP contribution < -0.4 is 9.64 Å². The van der Waals surface area contributed by atoms with Crippen molar-refractivity contribution in [1.29, 1.82) is 0 Å². The molecule has 2 rings (SSSR count). The molecule has 2 heterocycles. The maximum absolute atomic E-state index is 5.57. The molecule has 1 saturated heterocycles. The summed E-state index contributed by atoms with van der Waals surface area (Å²) in [5.74, 6) is 4.41. The van der Waals surface area contributed by atoms with E-state index in [1.54, 1.807) is 13.2 Å². The van der Waals surface area contributed by atoms with Crippen LogP contribution in [0.1, 0.15) is 19.5 Å². The van der Waals surface area contributed by atoms with Gasteiger partial charge in [0.15, 0.2) is 0 Å². The standard InChI is InChI=1S/C16H25N3O2Si/c1-12-10-21-11-13(2)19(12)16-17-14(7-8-22(4,5)6)9-15(18-16)20-3/h9,12-13H,10-11H2,1-6H3/t12-,13+. The Hall–Kier alpha value is -1.58. The molecule has 0 amide bonds. The Bertz CT molecular complexity index is 579. The fourth-order valence-electron chi connectivity index (χ4n) is 2.35. The molecule has 1 aliphatic rings. The normalized spacial score (nSPS) is 22.0. The van der Waals surface area contributed by atoms with Gasteiger partial charge < -0.3 is 14.4 Å². The molecular weight excluding hydrogens is 294 g/mol. The second-order valence-electron chi connectivity index (χ2n) is 6.74. The van der Waals surface area contributed by atoms with Gasteiger partial charge in [-0.05, 0) is 13.8 Å². The van der Waals surface area contributed by atoms with E-state index in [4.69, 9.17) is 9.47 Å². The fraction of sp³-hybridized carbons (Fsp3) is 0.625. The summed E-state index contributed by atoms with van der Waals surface area (Å²) in [5.41, 5.74) is 4.06. The Balaban J connectivity index is 2.40. The molecule has 120 valence electrons. The molecule has 0 N–H and O–H groups in total. The topological polar surface area (TPSA) is 47.5 Å². The third kappa shape index (κ3) is 4.21. The summed E-state index contributed by atoms with van der Waals surface area (Å²) in [6.45, 7) is 12.2. The van der Waals surface area contributed by atoms with E-state index in [-0.39, 0.29) is 12.1 Å². The first-order valence-electron chi connectivity index (χ1n) is 7.62. The Kier molecular flexibility index (Phi) is 5.09. The van der Waals surface area contributed by atoms with Gasteiger partial charge >= 0.3 is 0 Å². The number of nitrogens with zero attached hydrogens (tertiary/aromatic N) is 3. The minimum absolute atomic E-state index is 0.230. The summed E-state index contributed by atoms with van der Waals surface area (Å²) in [5, 5.41) is 0. The molecule has 6 heteroatoms. The SMILES string of the molecule is COc1cc(C#C[Si](C)(C)C)nc(N2[C@H](C)COC[C@@H]2C)n1. The fourth-order valence-corrected chi connectivity index (χ4v) is 2.85. The third-order valence-corrected chi connectivity index (χ3v) is 4.24. The van der Waals surface area contributed by atoms with E-state index in [0.29, 0.717) is 25.0 Å². The summed E-state index contributed by atoms with van der Waals surface area (Å²) >= 11 is 0. The summed E-state index contributed by atoms with van der Waals surface area (Å²) in [7, 11) is 0.172. The quantitative estimate of drug-likeness (QED) is 0.618. The number of anilines is 1. The van der Waals surface area contributed by atoms with Gasteiger partial charge in [-0.1, -0.05) is 25.6 Å². The minimum atomic E-state index is -1.45. The molecule has 2 atom stereocenters. The largest absolute Gasteiger partial charge is 0.481 e. The summed E-state index contributed by atoms with van der Waals surface area (Å²) in [6.07, 6.45) is 0. The van der Waals surface area contributed by atoms with Crippen LogP contribution in [-0.4, -0.2) is 50.4 Å². The number of hydrogen-bond donors (Lipinski definition) is 0. The van der Waals surface area contributed by atoms with Gasteiger partial charge in [0.05, 0.1) is 32.4 Å². The van der Waals surface area contributed by atoms with Crippen LogP contribution in [0, 0.1) is 11.5 Å². The monoisotopic (exact) mass is 319 g/mol. The van der Waals surface area contributed by atoms with E-state index in [0.717, 1.165) is 5.69 Å². The van der Waals surface area contributed by atoms with E-state index in [2.05, 4.69) is 59.8 Å². The lowest BCUT2D eigenvalue weighted by Gasteiger charge is -2.38. The van der Waals surface area contributed by atoms with Gasteiger partial charge in [0, 0.05) is 6.07 Å². The van der Waals surface area contributed by atoms with E-state index >= 15 is 0 Å². The van der Waals surface area contributed by atoms with Crippen LogP contribution in [0.4, 0.5) is 5.95 Å². The molecule has 1 aromatic heterocycles. The first-order valence-corrected chi connectivity index (χ1v) is 11.1. The molecule has 0 radical (unpaired) electrons. The van der Waals surface area contributed by atoms with Crippen molar-refractivity contribution < 1.29 is 9.47 Å². The number of methoxy groups -OCH3 is 1. The highest BCUT2D eigenvalue weighted by molar-refractivity contribution is 6.83. The van der Waals surface area contributed by atoms with Crippen molar-refractivity contribution in [2.45, 2.75) is 45.6 Å². The first-order chi connectivity index (χ1) is 10.3. The maximum Gasteiger partial charge on any atom is 0.230 e. The van der Waals surface area contributed by atoms with E-state index in [1.807, 2.05) is 0 Å². The molecule has 0 aliphatic carbocycles. The highest BCUT2D eigenvalue weighted by Gasteiger charge is 2.28. The van der Waals surface area contributed by atoms with E-state index < -0.39 is 8.07 Å². The first kappa shape index (κ1) is 16.8. The Morgan fingerprint density at radius 2 is 1.86 bits per heavy atom. The zero-order valence-corrected chi connectivity index (χ0v) is 15.3. The van der Waals surface area contributed by atoms with Crippen LogP contribution in [-0.2, 0) is 4.74 Å². The number of hydrogen-bond acceptors (Lipinski definition) is 5. The van der Waals surface area contributed by atoms with E-state index in [9.17, 15) is 0 Å². The molecule has 1 fully saturated rings. The van der Waals surface area contributed by atoms with Gasteiger partial charge in [-0.3, -0.25) is 0 Å². The second kappa shape index (κ2) is 6.67. The number of rotatable bonds is 2. The molecule has 0 unspecified atom stereocenters. The Labute approximate surface area is 134 Å². The van der Waals surface area contributed by atoms with Crippen LogP contribution in [0.3, 0.4) is 0 Å². The maximum atomic E-state index is 5.57. The molecule has 0 bridgehead atoms. The molecule has 0 aromatic carbocycles. The molecule has 0 spiro atoms. The smallest absolute Gasteiger partial charge is 0.230 e. The van der Waals surface area contributed by atoms with Crippen molar-refractivity contribution in [2.75, 3.05) is 25.2 Å². The number of morpholine rings is 1. The lowest BCUT2D eigenvalue weighted by Crippen LogP contribution is -2.50. The van der Waals surface area contributed by atoms with Crippen molar-refractivity contribution in [3.63, 3.8) is 0 Å². The number of ether oxygens (including phenoxy) is 2. The van der Waals surface area contributed by atoms with Crippen LogP contribution in [0.5, 0.6) is 5.88 Å². The van der Waals surface area contributed by atoms with Crippen LogP contribution in [0.2, 0.25) is 19.6 Å². The highest BCUT2D eigenvalue weighted by Crippen LogP contribution is 2.22. The minimum Gasteiger partial charge on any atom is -0.481 e. The second-order valence-corrected chi connectivity index (χ2v) is 11.5. The van der Waals surface area contributed by atoms with Crippen LogP contribution in [0.25, 0.3) is 0 Å². The van der Waals surface area contributed by atoms with Gasteiger partial charge in [-0.15, -0.1) is 5.54 Å². The van der Waals surface area contributed by atoms with Gasteiger partial charge in [0.1, 0.15) is 13.8 Å². The lowest BCUT2D eigenvalue weighted by molar-refractivity contribution is 0.0746. The predicted molar refractivity (Wildman–Crippen MR) is 91.0 cm³/mol. The number of aromatic nitrogens is 2. The summed E-state index contributed by atoms with van der Waals surface area (Å²) in [6, 6.07) is 2.26. The zero-order chi connectivity index (χ0) is 16.3. The van der Waals surface area contributed by atoms with Gasteiger partial charge in [-0.2, -0.15) is 4.98 Å².